The smallest absolute Gasteiger partial charge is 0.173 e. The molecule has 4 nitrogen and oxygen atoms in total. The number of hydrogen-bond acceptors (Lipinski definition) is 3. The van der Waals surface area contributed by atoms with E-state index in [2.05, 4.69) is 15.3 Å². The first-order chi connectivity index (χ1) is 7.43. The number of hydrogen-bond donors (Lipinski definition) is 2. The van der Waals surface area contributed by atoms with E-state index >= 15 is 0 Å². The van der Waals surface area contributed by atoms with Gasteiger partial charge >= 0.3 is 0 Å². The Kier molecular flexibility index (Phi) is 2.07. The van der Waals surface area contributed by atoms with Crippen molar-refractivity contribution in [2.45, 2.75) is 18.9 Å². The molecule has 0 bridgehead atoms. The zero-order valence-electron chi connectivity index (χ0n) is 8.36. The van der Waals surface area contributed by atoms with Crippen molar-refractivity contribution in [3.63, 3.8) is 0 Å². The van der Waals surface area contributed by atoms with Crippen LogP contribution in [0.25, 0.3) is 11.6 Å². The summed E-state index contributed by atoms with van der Waals surface area (Å²) in [5, 5.41) is 3.43. The van der Waals surface area contributed by atoms with Crippen molar-refractivity contribution in [3.8, 4) is 11.6 Å². The molecule has 1 aliphatic rings. The van der Waals surface area contributed by atoms with Crippen LogP contribution >= 0.6 is 0 Å². The minimum absolute atomic E-state index is 0.432. The third-order valence-electron chi connectivity index (χ3n) is 2.79. The first-order valence-electron chi connectivity index (χ1n) is 5.25. The van der Waals surface area contributed by atoms with Crippen molar-refractivity contribution in [1.82, 2.24) is 15.3 Å². The molecule has 0 amide bonds. The molecule has 0 saturated carbocycles. The van der Waals surface area contributed by atoms with E-state index in [0.717, 1.165) is 23.8 Å². The van der Waals surface area contributed by atoms with Gasteiger partial charge in [0.1, 0.15) is 0 Å². The molecule has 1 fully saturated rings. The van der Waals surface area contributed by atoms with E-state index in [-0.39, 0.29) is 0 Å². The monoisotopic (exact) mass is 203 g/mol. The lowest BCUT2D eigenvalue weighted by Gasteiger charge is -2.05. The molecule has 4 heteroatoms. The summed E-state index contributed by atoms with van der Waals surface area (Å²) in [4.78, 5) is 7.60. The first kappa shape index (κ1) is 8.73. The van der Waals surface area contributed by atoms with E-state index in [1.54, 1.807) is 6.26 Å². The van der Waals surface area contributed by atoms with Crippen LogP contribution in [0.3, 0.4) is 0 Å². The fourth-order valence-corrected chi connectivity index (χ4v) is 2.00. The molecule has 1 unspecified atom stereocenters. The van der Waals surface area contributed by atoms with Gasteiger partial charge < -0.3 is 14.7 Å². The Balaban J connectivity index is 1.87. The standard InChI is InChI=1S/C11H13N3O/c1-3-8(12-5-1)9-7-13-11(14-9)10-4-2-6-15-10/h2,4,6-8,12H,1,3,5H2,(H,13,14). The summed E-state index contributed by atoms with van der Waals surface area (Å²) in [6.07, 6.45) is 5.96. The maximum atomic E-state index is 5.28. The van der Waals surface area contributed by atoms with Crippen LogP contribution in [0.4, 0.5) is 0 Å². The molecule has 1 atom stereocenters. The zero-order chi connectivity index (χ0) is 10.1. The number of nitrogens with zero attached hydrogens (tertiary/aromatic N) is 1. The van der Waals surface area contributed by atoms with Gasteiger partial charge in [-0.15, -0.1) is 0 Å². The van der Waals surface area contributed by atoms with Crippen LogP contribution in [0.5, 0.6) is 0 Å². The highest BCUT2D eigenvalue weighted by molar-refractivity contribution is 5.46. The Morgan fingerprint density at radius 3 is 3.20 bits per heavy atom. The SMILES string of the molecule is c1coc(-c2ncc(C3CCCN3)[nH]2)c1. The van der Waals surface area contributed by atoms with Gasteiger partial charge in [-0.3, -0.25) is 0 Å². The van der Waals surface area contributed by atoms with Gasteiger partial charge in [0.15, 0.2) is 11.6 Å². The van der Waals surface area contributed by atoms with E-state index in [4.69, 9.17) is 4.42 Å². The maximum absolute atomic E-state index is 5.28. The molecule has 0 radical (unpaired) electrons. The summed E-state index contributed by atoms with van der Waals surface area (Å²) in [5.74, 6) is 1.60. The fraction of sp³-hybridized carbons (Fsp3) is 0.364. The van der Waals surface area contributed by atoms with E-state index in [0.29, 0.717) is 6.04 Å². The molecule has 0 spiro atoms. The molecular weight excluding hydrogens is 190 g/mol. The minimum Gasteiger partial charge on any atom is -0.461 e. The quantitative estimate of drug-likeness (QED) is 0.785. The summed E-state index contributed by atoms with van der Waals surface area (Å²) >= 11 is 0. The lowest BCUT2D eigenvalue weighted by molar-refractivity contribution is 0.577. The summed E-state index contributed by atoms with van der Waals surface area (Å²) in [7, 11) is 0. The van der Waals surface area contributed by atoms with Crippen molar-refractivity contribution in [1.29, 1.82) is 0 Å². The van der Waals surface area contributed by atoms with Crippen LogP contribution in [0.1, 0.15) is 24.6 Å². The van der Waals surface area contributed by atoms with Crippen LogP contribution in [0.15, 0.2) is 29.0 Å². The van der Waals surface area contributed by atoms with Gasteiger partial charge in [0.25, 0.3) is 0 Å². The third-order valence-corrected chi connectivity index (χ3v) is 2.79. The van der Waals surface area contributed by atoms with E-state index in [1.807, 2.05) is 18.3 Å². The topological polar surface area (TPSA) is 53.9 Å². The Labute approximate surface area is 87.7 Å². The van der Waals surface area contributed by atoms with Gasteiger partial charge in [-0.2, -0.15) is 0 Å². The number of aromatic nitrogens is 2. The number of rotatable bonds is 2. The summed E-state index contributed by atoms with van der Waals surface area (Å²) in [5.41, 5.74) is 1.15. The number of nitrogens with one attached hydrogen (secondary N) is 2. The molecule has 1 aliphatic heterocycles. The largest absolute Gasteiger partial charge is 0.461 e. The molecule has 3 heterocycles. The Bertz CT molecular complexity index is 426. The highest BCUT2D eigenvalue weighted by atomic mass is 16.3. The predicted molar refractivity (Wildman–Crippen MR) is 56.3 cm³/mol. The number of aromatic amines is 1. The molecule has 3 rings (SSSR count). The van der Waals surface area contributed by atoms with Crippen molar-refractivity contribution in [3.05, 3.63) is 30.3 Å². The van der Waals surface area contributed by atoms with Crippen molar-refractivity contribution in [2.75, 3.05) is 6.54 Å². The predicted octanol–water partition coefficient (Wildman–Crippen LogP) is 2.09. The van der Waals surface area contributed by atoms with Gasteiger partial charge in [-0.25, -0.2) is 4.98 Å². The second kappa shape index (κ2) is 3.55. The third kappa shape index (κ3) is 1.57. The van der Waals surface area contributed by atoms with Crippen molar-refractivity contribution in [2.24, 2.45) is 0 Å². The molecule has 1 saturated heterocycles. The van der Waals surface area contributed by atoms with E-state index < -0.39 is 0 Å². The van der Waals surface area contributed by atoms with Crippen LogP contribution in [-0.4, -0.2) is 16.5 Å². The van der Waals surface area contributed by atoms with Gasteiger partial charge in [0, 0.05) is 6.04 Å². The van der Waals surface area contributed by atoms with Crippen molar-refractivity contribution >= 4 is 0 Å². The molecule has 78 valence electrons. The van der Waals surface area contributed by atoms with Crippen LogP contribution in [-0.2, 0) is 0 Å². The summed E-state index contributed by atoms with van der Waals surface area (Å²) in [6, 6.07) is 4.21. The first-order valence-corrected chi connectivity index (χ1v) is 5.25. The number of imidazole rings is 1. The molecule has 15 heavy (non-hydrogen) atoms. The van der Waals surface area contributed by atoms with Gasteiger partial charge in [0.05, 0.1) is 18.2 Å². The van der Waals surface area contributed by atoms with E-state index in [1.165, 1.54) is 12.8 Å². The Hall–Kier alpha value is -1.55. The lowest BCUT2D eigenvalue weighted by atomic mass is 10.2. The second-order valence-electron chi connectivity index (χ2n) is 3.81. The highest BCUT2D eigenvalue weighted by Gasteiger charge is 2.18. The highest BCUT2D eigenvalue weighted by Crippen LogP contribution is 2.24. The zero-order valence-corrected chi connectivity index (χ0v) is 8.36. The molecular formula is C11H13N3O. The number of furan rings is 1. The molecule has 2 aromatic rings. The van der Waals surface area contributed by atoms with Gasteiger partial charge in [-0.1, -0.05) is 0 Å². The normalized spacial score (nSPS) is 20.9. The van der Waals surface area contributed by atoms with Crippen molar-refractivity contribution < 1.29 is 4.42 Å². The molecule has 2 aromatic heterocycles. The Morgan fingerprint density at radius 1 is 1.47 bits per heavy atom. The molecule has 0 aliphatic carbocycles. The van der Waals surface area contributed by atoms with Crippen LogP contribution in [0, 0.1) is 0 Å². The van der Waals surface area contributed by atoms with Gasteiger partial charge in [0.2, 0.25) is 0 Å². The average Bonchev–Trinajstić information content (AvgIpc) is 3.02. The van der Waals surface area contributed by atoms with Crippen LogP contribution < -0.4 is 5.32 Å². The summed E-state index contributed by atoms with van der Waals surface area (Å²) < 4.78 is 5.28. The fourth-order valence-electron chi connectivity index (χ4n) is 2.00. The average molecular weight is 203 g/mol. The summed E-state index contributed by atoms with van der Waals surface area (Å²) in [6.45, 7) is 1.10. The van der Waals surface area contributed by atoms with Crippen LogP contribution in [0.2, 0.25) is 0 Å². The molecule has 2 N–H and O–H groups in total. The van der Waals surface area contributed by atoms with Gasteiger partial charge in [-0.05, 0) is 31.5 Å². The molecule has 0 aromatic carbocycles. The number of H-pyrrole nitrogens is 1. The maximum Gasteiger partial charge on any atom is 0.173 e. The van der Waals surface area contributed by atoms with E-state index in [9.17, 15) is 0 Å². The minimum atomic E-state index is 0.432. The Morgan fingerprint density at radius 2 is 2.47 bits per heavy atom. The lowest BCUT2D eigenvalue weighted by Crippen LogP contribution is -2.12. The second-order valence-corrected chi connectivity index (χ2v) is 3.81.